The van der Waals surface area contributed by atoms with Crippen molar-refractivity contribution < 1.29 is 9.84 Å². The second kappa shape index (κ2) is 7.49. The smallest absolute Gasteiger partial charge is 0.0576 e. The molecule has 1 N–H and O–H groups in total. The quantitative estimate of drug-likeness (QED) is 0.741. The van der Waals surface area contributed by atoms with E-state index in [0.29, 0.717) is 17.4 Å². The summed E-state index contributed by atoms with van der Waals surface area (Å²) in [5.41, 5.74) is 0.372. The van der Waals surface area contributed by atoms with Gasteiger partial charge >= 0.3 is 0 Å². The third kappa shape index (κ3) is 7.38. The van der Waals surface area contributed by atoms with Crippen LogP contribution in [0, 0.1) is 11.3 Å². The number of hydrogen-bond acceptors (Lipinski definition) is 2. The van der Waals surface area contributed by atoms with Crippen LogP contribution in [0.15, 0.2) is 0 Å². The lowest BCUT2D eigenvalue weighted by Crippen LogP contribution is -2.17. The summed E-state index contributed by atoms with van der Waals surface area (Å²) in [5, 5.41) is 10.0. The van der Waals surface area contributed by atoms with E-state index in [0.717, 1.165) is 32.3 Å². The van der Waals surface area contributed by atoms with Crippen molar-refractivity contribution in [3.63, 3.8) is 0 Å². The summed E-state index contributed by atoms with van der Waals surface area (Å²) in [6, 6.07) is 0. The van der Waals surface area contributed by atoms with Crippen molar-refractivity contribution in [3.8, 4) is 0 Å². The topological polar surface area (TPSA) is 29.5 Å². The van der Waals surface area contributed by atoms with Crippen LogP contribution >= 0.6 is 0 Å². The Morgan fingerprint density at radius 3 is 2.61 bits per heavy atom. The highest BCUT2D eigenvalue weighted by Gasteiger charge is 2.19. The van der Waals surface area contributed by atoms with E-state index in [4.69, 9.17) is 4.74 Å². The first kappa shape index (κ1) is 16.0. The molecular formula is C16H32O2. The molecular weight excluding hydrogens is 224 g/mol. The lowest BCUT2D eigenvalue weighted by atomic mass is 9.83. The second-order valence-corrected chi connectivity index (χ2v) is 7.33. The number of hydrogen-bond donors (Lipinski definition) is 1. The van der Waals surface area contributed by atoms with Crippen molar-refractivity contribution >= 4 is 0 Å². The average Bonchev–Trinajstić information content (AvgIpc) is 2.66. The van der Waals surface area contributed by atoms with Gasteiger partial charge in [-0.05, 0) is 56.3 Å². The maximum absolute atomic E-state index is 10.0. The van der Waals surface area contributed by atoms with Crippen molar-refractivity contribution in [1.29, 1.82) is 0 Å². The van der Waals surface area contributed by atoms with Crippen LogP contribution in [0.5, 0.6) is 0 Å². The molecule has 3 unspecified atom stereocenters. The van der Waals surface area contributed by atoms with E-state index in [2.05, 4.69) is 27.7 Å². The van der Waals surface area contributed by atoms with Gasteiger partial charge in [0.2, 0.25) is 0 Å². The van der Waals surface area contributed by atoms with Gasteiger partial charge in [0.15, 0.2) is 0 Å². The van der Waals surface area contributed by atoms with Crippen molar-refractivity contribution in [2.24, 2.45) is 11.3 Å². The van der Waals surface area contributed by atoms with Gasteiger partial charge in [-0.3, -0.25) is 0 Å². The summed E-state index contributed by atoms with van der Waals surface area (Å²) in [4.78, 5) is 0. The van der Waals surface area contributed by atoms with Gasteiger partial charge in [-0.1, -0.05) is 27.7 Å². The number of rotatable bonds is 7. The molecule has 1 aliphatic rings. The molecule has 0 saturated carbocycles. The molecule has 0 aromatic carbocycles. The van der Waals surface area contributed by atoms with Gasteiger partial charge in [-0.15, -0.1) is 0 Å². The van der Waals surface area contributed by atoms with Crippen molar-refractivity contribution in [1.82, 2.24) is 0 Å². The molecule has 1 saturated heterocycles. The molecule has 0 aromatic heterocycles. The molecule has 1 heterocycles. The molecule has 2 heteroatoms. The Kier molecular flexibility index (Phi) is 6.65. The lowest BCUT2D eigenvalue weighted by Gasteiger charge is -2.25. The van der Waals surface area contributed by atoms with Crippen LogP contribution in [-0.4, -0.2) is 23.9 Å². The summed E-state index contributed by atoms with van der Waals surface area (Å²) in [6.45, 7) is 10.0. The van der Waals surface area contributed by atoms with E-state index >= 15 is 0 Å². The average molecular weight is 256 g/mol. The van der Waals surface area contributed by atoms with E-state index < -0.39 is 0 Å². The molecule has 0 spiro atoms. The first-order chi connectivity index (χ1) is 8.37. The predicted octanol–water partition coefficient (Wildman–Crippen LogP) is 4.16. The standard InChI is InChI=1S/C16H32O2/c1-13(12-16(2,3)4)11-14(17)7-5-8-15-9-6-10-18-15/h13-15,17H,5-12H2,1-4H3. The molecule has 108 valence electrons. The number of aliphatic hydroxyl groups is 1. The van der Waals surface area contributed by atoms with Gasteiger partial charge in [-0.25, -0.2) is 0 Å². The van der Waals surface area contributed by atoms with Gasteiger partial charge in [0.1, 0.15) is 0 Å². The summed E-state index contributed by atoms with van der Waals surface area (Å²) >= 11 is 0. The fourth-order valence-electron chi connectivity index (χ4n) is 3.16. The highest BCUT2D eigenvalue weighted by molar-refractivity contribution is 4.71. The summed E-state index contributed by atoms with van der Waals surface area (Å²) in [5.74, 6) is 0.614. The fourth-order valence-corrected chi connectivity index (χ4v) is 3.16. The minimum absolute atomic E-state index is 0.122. The summed E-state index contributed by atoms with van der Waals surface area (Å²) in [6.07, 6.45) is 8.10. The van der Waals surface area contributed by atoms with Gasteiger partial charge in [-0.2, -0.15) is 0 Å². The van der Waals surface area contributed by atoms with Gasteiger partial charge in [0.25, 0.3) is 0 Å². The molecule has 0 radical (unpaired) electrons. The second-order valence-electron chi connectivity index (χ2n) is 7.33. The number of aliphatic hydroxyl groups excluding tert-OH is 1. The van der Waals surface area contributed by atoms with E-state index in [1.54, 1.807) is 0 Å². The highest BCUT2D eigenvalue weighted by Crippen LogP contribution is 2.27. The van der Waals surface area contributed by atoms with Crippen molar-refractivity contribution in [2.45, 2.75) is 84.8 Å². The monoisotopic (exact) mass is 256 g/mol. The molecule has 0 amide bonds. The summed E-state index contributed by atoms with van der Waals surface area (Å²) < 4.78 is 5.60. The zero-order chi connectivity index (χ0) is 13.6. The minimum atomic E-state index is -0.122. The Morgan fingerprint density at radius 2 is 2.06 bits per heavy atom. The van der Waals surface area contributed by atoms with Crippen LogP contribution in [0.4, 0.5) is 0 Å². The third-order valence-electron chi connectivity index (χ3n) is 3.72. The van der Waals surface area contributed by atoms with E-state index in [1.807, 2.05) is 0 Å². The van der Waals surface area contributed by atoms with Crippen LogP contribution in [0.3, 0.4) is 0 Å². The third-order valence-corrected chi connectivity index (χ3v) is 3.72. The Labute approximate surface area is 113 Å². The van der Waals surface area contributed by atoms with E-state index in [-0.39, 0.29) is 6.10 Å². The first-order valence-electron chi connectivity index (χ1n) is 7.66. The Hall–Kier alpha value is -0.0800. The molecule has 1 fully saturated rings. The fraction of sp³-hybridized carbons (Fsp3) is 1.00. The maximum atomic E-state index is 10.0. The SMILES string of the molecule is CC(CC(O)CCCC1CCCO1)CC(C)(C)C. The van der Waals surface area contributed by atoms with Crippen LogP contribution in [-0.2, 0) is 4.74 Å². The zero-order valence-corrected chi connectivity index (χ0v) is 12.7. The normalized spacial score (nSPS) is 24.2. The minimum Gasteiger partial charge on any atom is -0.393 e. The molecule has 0 aromatic rings. The first-order valence-corrected chi connectivity index (χ1v) is 7.66. The Bertz CT molecular complexity index is 214. The summed E-state index contributed by atoms with van der Waals surface area (Å²) in [7, 11) is 0. The van der Waals surface area contributed by atoms with Gasteiger partial charge in [0.05, 0.1) is 12.2 Å². The van der Waals surface area contributed by atoms with Gasteiger partial charge < -0.3 is 9.84 Å². The van der Waals surface area contributed by atoms with Crippen molar-refractivity contribution in [2.75, 3.05) is 6.61 Å². The highest BCUT2D eigenvalue weighted by atomic mass is 16.5. The van der Waals surface area contributed by atoms with E-state index in [9.17, 15) is 5.11 Å². The molecule has 0 aliphatic carbocycles. The number of ether oxygens (including phenoxy) is 1. The van der Waals surface area contributed by atoms with E-state index in [1.165, 1.54) is 19.3 Å². The largest absolute Gasteiger partial charge is 0.393 e. The maximum Gasteiger partial charge on any atom is 0.0576 e. The Morgan fingerprint density at radius 1 is 1.33 bits per heavy atom. The molecule has 1 rings (SSSR count). The molecule has 3 atom stereocenters. The van der Waals surface area contributed by atoms with Crippen LogP contribution in [0.25, 0.3) is 0 Å². The Balaban J connectivity index is 2.07. The predicted molar refractivity (Wildman–Crippen MR) is 76.7 cm³/mol. The van der Waals surface area contributed by atoms with Crippen LogP contribution in [0.1, 0.15) is 72.6 Å². The van der Waals surface area contributed by atoms with Crippen molar-refractivity contribution in [3.05, 3.63) is 0 Å². The van der Waals surface area contributed by atoms with Gasteiger partial charge in [0, 0.05) is 6.61 Å². The zero-order valence-electron chi connectivity index (χ0n) is 12.7. The molecule has 18 heavy (non-hydrogen) atoms. The molecule has 2 nitrogen and oxygen atoms in total. The molecule has 0 bridgehead atoms. The van der Waals surface area contributed by atoms with Crippen LogP contribution in [0.2, 0.25) is 0 Å². The lowest BCUT2D eigenvalue weighted by molar-refractivity contribution is 0.0883. The molecule has 1 aliphatic heterocycles. The van der Waals surface area contributed by atoms with Crippen LogP contribution < -0.4 is 0 Å².